The summed E-state index contributed by atoms with van der Waals surface area (Å²) in [6.07, 6.45) is -1.66. The van der Waals surface area contributed by atoms with Gasteiger partial charge < -0.3 is 15.3 Å². The maximum absolute atomic E-state index is 10.7. The Hall–Kier alpha value is -1.84. The van der Waals surface area contributed by atoms with Crippen molar-refractivity contribution in [3.8, 4) is 0 Å². The maximum atomic E-state index is 10.7. The first-order chi connectivity index (χ1) is 8.86. The Morgan fingerprint density at radius 2 is 1.74 bits per heavy atom. The van der Waals surface area contributed by atoms with Crippen LogP contribution in [0.25, 0.3) is 0 Å². The quantitative estimate of drug-likeness (QED) is 0.262. The molecule has 5 N–H and O–H groups in total. The number of hydrogen-bond acceptors (Lipinski definition) is 7. The topological polar surface area (TPSA) is 144 Å². The predicted molar refractivity (Wildman–Crippen MR) is 67.3 cm³/mol. The summed E-state index contributed by atoms with van der Waals surface area (Å²) in [4.78, 5) is 21.3. The third-order valence-electron chi connectivity index (χ3n) is 1.84. The van der Waals surface area contributed by atoms with Gasteiger partial charge in [0.15, 0.2) is 0 Å². The van der Waals surface area contributed by atoms with E-state index in [1.165, 1.54) is 13.8 Å². The molecule has 0 bridgehead atoms. The van der Waals surface area contributed by atoms with Crippen LogP contribution in [-0.4, -0.2) is 57.9 Å². The van der Waals surface area contributed by atoms with Gasteiger partial charge in [0, 0.05) is 20.3 Å². The van der Waals surface area contributed by atoms with Crippen molar-refractivity contribution in [1.29, 1.82) is 0 Å². The second-order valence-corrected chi connectivity index (χ2v) is 3.72. The minimum Gasteiger partial charge on any atom is -0.394 e. The van der Waals surface area contributed by atoms with Crippen LogP contribution in [0.3, 0.4) is 0 Å². The van der Waals surface area contributed by atoms with Gasteiger partial charge in [0.1, 0.15) is 6.10 Å². The fourth-order valence-electron chi connectivity index (χ4n) is 0.947. The Morgan fingerprint density at radius 3 is 2.21 bits per heavy atom. The summed E-state index contributed by atoms with van der Waals surface area (Å²) in [6.45, 7) is 1.88. The van der Waals surface area contributed by atoms with E-state index in [1.54, 1.807) is 0 Å². The molecule has 0 spiro atoms. The summed E-state index contributed by atoms with van der Waals surface area (Å²) in [6, 6.07) is 0. The molecule has 0 aromatic heterocycles. The van der Waals surface area contributed by atoms with Gasteiger partial charge in [-0.1, -0.05) is 0 Å². The van der Waals surface area contributed by atoms with Crippen LogP contribution in [0.5, 0.6) is 0 Å². The molecule has 0 unspecified atom stereocenters. The van der Waals surface area contributed by atoms with E-state index in [2.05, 4.69) is 21.1 Å². The number of amides is 2. The monoisotopic (exact) mass is 274 g/mol. The Morgan fingerprint density at radius 1 is 1.16 bits per heavy atom. The molecule has 0 radical (unpaired) electrons. The number of carbonyl (C=O) groups excluding carboxylic acids is 2. The summed E-state index contributed by atoms with van der Waals surface area (Å²) >= 11 is 0. The first kappa shape index (κ1) is 17.2. The van der Waals surface area contributed by atoms with Crippen LogP contribution < -0.4 is 10.9 Å². The first-order valence-corrected chi connectivity index (χ1v) is 5.46. The standard InChI is InChI=1S/C10H18N4O5/c1-6(16)12-11-4-8(14-13-7(2)17)3-9(18)10(19)5-15/h4,9-10,15,18-19H,3,5H2,1-2H3,(H,12,16)(H,13,17)/b11-4+,14-8+/t9-,10+/m0/s1. The summed E-state index contributed by atoms with van der Waals surface area (Å²) < 4.78 is 0. The van der Waals surface area contributed by atoms with Crippen LogP contribution in [0.4, 0.5) is 0 Å². The van der Waals surface area contributed by atoms with Crippen LogP contribution in [0.2, 0.25) is 0 Å². The largest absolute Gasteiger partial charge is 0.394 e. The SMILES string of the molecule is CC(=O)N/N=C/C(C[C@H](O)[C@H](O)CO)=N/NC(C)=O. The van der Waals surface area contributed by atoms with Gasteiger partial charge in [0.2, 0.25) is 11.8 Å². The van der Waals surface area contributed by atoms with Gasteiger partial charge >= 0.3 is 0 Å². The highest BCUT2D eigenvalue weighted by atomic mass is 16.4. The molecule has 0 aliphatic rings. The van der Waals surface area contributed by atoms with Crippen LogP contribution in [-0.2, 0) is 9.59 Å². The zero-order chi connectivity index (χ0) is 14.8. The first-order valence-electron chi connectivity index (χ1n) is 5.46. The third kappa shape index (κ3) is 8.83. The van der Waals surface area contributed by atoms with Gasteiger partial charge in [-0.05, 0) is 0 Å². The fraction of sp³-hybridized carbons (Fsp3) is 0.600. The highest BCUT2D eigenvalue weighted by Gasteiger charge is 2.17. The fourth-order valence-corrected chi connectivity index (χ4v) is 0.947. The molecule has 19 heavy (non-hydrogen) atoms. The number of rotatable bonds is 7. The zero-order valence-corrected chi connectivity index (χ0v) is 10.7. The Kier molecular flexibility index (Phi) is 8.25. The van der Waals surface area contributed by atoms with E-state index >= 15 is 0 Å². The molecule has 0 heterocycles. The van der Waals surface area contributed by atoms with E-state index in [1.807, 2.05) is 0 Å². The Balaban J connectivity index is 4.67. The van der Waals surface area contributed by atoms with Crippen LogP contribution in [0, 0.1) is 0 Å². The molecule has 9 heteroatoms. The van der Waals surface area contributed by atoms with Crippen molar-refractivity contribution >= 4 is 23.7 Å². The number of hydrazone groups is 2. The lowest BCUT2D eigenvalue weighted by Gasteiger charge is -2.14. The van der Waals surface area contributed by atoms with Crippen molar-refractivity contribution in [3.63, 3.8) is 0 Å². The number of aliphatic hydroxyl groups excluding tert-OH is 3. The van der Waals surface area contributed by atoms with Gasteiger partial charge in [-0.15, -0.1) is 0 Å². The molecular weight excluding hydrogens is 256 g/mol. The molecule has 0 saturated carbocycles. The van der Waals surface area contributed by atoms with Gasteiger partial charge in [0.25, 0.3) is 0 Å². The number of aliphatic hydroxyl groups is 3. The third-order valence-corrected chi connectivity index (χ3v) is 1.84. The molecule has 0 saturated heterocycles. The van der Waals surface area contributed by atoms with Crippen molar-refractivity contribution in [3.05, 3.63) is 0 Å². The molecular formula is C10H18N4O5. The molecule has 0 rings (SSSR count). The van der Waals surface area contributed by atoms with E-state index in [0.717, 1.165) is 6.21 Å². The van der Waals surface area contributed by atoms with Gasteiger partial charge in [0.05, 0.1) is 24.6 Å². The van der Waals surface area contributed by atoms with E-state index in [9.17, 15) is 19.8 Å². The average molecular weight is 274 g/mol. The summed E-state index contributed by atoms with van der Waals surface area (Å²) in [5.74, 6) is -0.825. The molecule has 0 aromatic carbocycles. The Labute approximate surface area is 110 Å². The Bertz CT molecular complexity index is 369. The zero-order valence-electron chi connectivity index (χ0n) is 10.7. The number of nitrogens with one attached hydrogen (secondary N) is 2. The molecule has 2 amide bonds. The molecule has 2 atom stereocenters. The molecule has 0 fully saturated rings. The second kappa shape index (κ2) is 9.14. The lowest BCUT2D eigenvalue weighted by atomic mass is 10.1. The van der Waals surface area contributed by atoms with Gasteiger partial charge in [-0.25, -0.2) is 10.9 Å². The second-order valence-electron chi connectivity index (χ2n) is 3.72. The van der Waals surface area contributed by atoms with Crippen LogP contribution >= 0.6 is 0 Å². The van der Waals surface area contributed by atoms with E-state index < -0.39 is 30.6 Å². The van der Waals surface area contributed by atoms with Crippen molar-refractivity contribution in [2.45, 2.75) is 32.5 Å². The number of nitrogens with zero attached hydrogens (tertiary/aromatic N) is 2. The summed E-state index contributed by atoms with van der Waals surface area (Å²) in [5.41, 5.74) is 4.37. The van der Waals surface area contributed by atoms with Crippen LogP contribution in [0.1, 0.15) is 20.3 Å². The molecule has 0 aromatic rings. The highest BCUT2D eigenvalue weighted by Crippen LogP contribution is 1.99. The lowest BCUT2D eigenvalue weighted by Crippen LogP contribution is -2.32. The molecule has 0 aliphatic carbocycles. The van der Waals surface area contributed by atoms with Crippen molar-refractivity contribution < 1.29 is 24.9 Å². The molecule has 9 nitrogen and oxygen atoms in total. The lowest BCUT2D eigenvalue weighted by molar-refractivity contribution is -0.119. The van der Waals surface area contributed by atoms with E-state index in [-0.39, 0.29) is 12.1 Å². The number of carbonyl (C=O) groups is 2. The van der Waals surface area contributed by atoms with E-state index in [0.29, 0.717) is 0 Å². The van der Waals surface area contributed by atoms with E-state index in [4.69, 9.17) is 5.11 Å². The summed E-state index contributed by atoms with van der Waals surface area (Å²) in [5, 5.41) is 34.6. The predicted octanol–water partition coefficient (Wildman–Crippen LogP) is -2.30. The molecule has 0 aliphatic heterocycles. The van der Waals surface area contributed by atoms with Crippen LogP contribution in [0.15, 0.2) is 10.2 Å². The van der Waals surface area contributed by atoms with Crippen molar-refractivity contribution in [2.75, 3.05) is 6.61 Å². The maximum Gasteiger partial charge on any atom is 0.236 e. The molecule has 108 valence electrons. The van der Waals surface area contributed by atoms with Gasteiger partial charge in [-0.2, -0.15) is 10.2 Å². The minimum absolute atomic E-state index is 0.115. The van der Waals surface area contributed by atoms with Crippen molar-refractivity contribution in [2.24, 2.45) is 10.2 Å². The van der Waals surface area contributed by atoms with Gasteiger partial charge in [-0.3, -0.25) is 9.59 Å². The number of hydrogen-bond donors (Lipinski definition) is 5. The minimum atomic E-state index is -1.34. The summed E-state index contributed by atoms with van der Waals surface area (Å²) in [7, 11) is 0. The smallest absolute Gasteiger partial charge is 0.236 e. The normalized spacial score (nSPS) is 15.1. The average Bonchev–Trinajstić information content (AvgIpc) is 2.33. The highest BCUT2D eigenvalue weighted by molar-refractivity contribution is 6.30. The van der Waals surface area contributed by atoms with Crippen molar-refractivity contribution in [1.82, 2.24) is 10.9 Å².